The Morgan fingerprint density at radius 2 is 1.85 bits per heavy atom. The fraction of sp³-hybridized carbons (Fsp3) is 0.300. The summed E-state index contributed by atoms with van der Waals surface area (Å²) in [5.74, 6) is 0.994. The standard InChI is InChI=1S/C20H23NO4S/c1-5-9-15-11-14(12-16(24-7-3)18(15)25-8-4)13-17-19(22)21(10-6-2)20(23)26-17/h5-6,11-13H,1-2,7-10H2,3-4H3/b17-13-. The summed E-state index contributed by atoms with van der Waals surface area (Å²) in [6.07, 6.45) is 5.63. The first-order valence-electron chi connectivity index (χ1n) is 8.45. The molecule has 0 unspecified atom stereocenters. The van der Waals surface area contributed by atoms with Crippen molar-refractivity contribution in [2.45, 2.75) is 20.3 Å². The smallest absolute Gasteiger partial charge is 0.293 e. The average Bonchev–Trinajstić information content (AvgIpc) is 2.86. The Labute approximate surface area is 158 Å². The lowest BCUT2D eigenvalue weighted by Gasteiger charge is -2.16. The van der Waals surface area contributed by atoms with Crippen molar-refractivity contribution in [3.63, 3.8) is 0 Å². The Morgan fingerprint density at radius 3 is 2.46 bits per heavy atom. The molecule has 0 bridgehead atoms. The van der Waals surface area contributed by atoms with E-state index < -0.39 is 0 Å². The van der Waals surface area contributed by atoms with Gasteiger partial charge in [-0.25, -0.2) is 0 Å². The predicted molar refractivity (Wildman–Crippen MR) is 106 cm³/mol. The minimum atomic E-state index is -0.308. The second-order valence-corrected chi connectivity index (χ2v) is 6.44. The molecule has 138 valence electrons. The quantitative estimate of drug-likeness (QED) is 0.473. The lowest BCUT2D eigenvalue weighted by Crippen LogP contribution is -2.27. The highest BCUT2D eigenvalue weighted by atomic mass is 32.2. The fourth-order valence-corrected chi connectivity index (χ4v) is 3.43. The Kier molecular flexibility index (Phi) is 7.09. The predicted octanol–water partition coefficient (Wildman–Crippen LogP) is 4.43. The normalized spacial score (nSPS) is 15.5. The number of benzene rings is 1. The van der Waals surface area contributed by atoms with Crippen molar-refractivity contribution in [1.29, 1.82) is 0 Å². The van der Waals surface area contributed by atoms with Gasteiger partial charge in [-0.1, -0.05) is 12.2 Å². The van der Waals surface area contributed by atoms with Crippen molar-refractivity contribution < 1.29 is 19.1 Å². The average molecular weight is 373 g/mol. The fourth-order valence-electron chi connectivity index (χ4n) is 2.58. The molecule has 26 heavy (non-hydrogen) atoms. The molecule has 1 aromatic rings. The number of amides is 2. The number of nitrogens with zero attached hydrogens (tertiary/aromatic N) is 1. The first-order chi connectivity index (χ1) is 12.5. The second kappa shape index (κ2) is 9.29. The Balaban J connectivity index is 2.46. The van der Waals surface area contributed by atoms with Gasteiger partial charge in [0.15, 0.2) is 11.5 Å². The van der Waals surface area contributed by atoms with Crippen molar-refractivity contribution in [3.05, 3.63) is 53.5 Å². The van der Waals surface area contributed by atoms with Crippen LogP contribution in [0.3, 0.4) is 0 Å². The zero-order chi connectivity index (χ0) is 19.1. The third kappa shape index (κ3) is 4.38. The SMILES string of the molecule is C=CCc1cc(/C=C2\SC(=O)N(CC=C)C2=O)cc(OCC)c1OCC. The molecule has 0 N–H and O–H groups in total. The van der Waals surface area contributed by atoms with Crippen LogP contribution in [-0.2, 0) is 11.2 Å². The Morgan fingerprint density at radius 1 is 1.12 bits per heavy atom. The third-order valence-corrected chi connectivity index (χ3v) is 4.50. The van der Waals surface area contributed by atoms with Gasteiger partial charge in [0.25, 0.3) is 11.1 Å². The van der Waals surface area contributed by atoms with E-state index >= 15 is 0 Å². The van der Waals surface area contributed by atoms with Crippen LogP contribution in [0.1, 0.15) is 25.0 Å². The van der Waals surface area contributed by atoms with Crippen LogP contribution in [0.4, 0.5) is 4.79 Å². The molecule has 0 aromatic heterocycles. The second-order valence-electron chi connectivity index (χ2n) is 5.45. The van der Waals surface area contributed by atoms with Crippen LogP contribution < -0.4 is 9.47 Å². The molecule has 5 nitrogen and oxygen atoms in total. The van der Waals surface area contributed by atoms with Crippen molar-refractivity contribution in [1.82, 2.24) is 4.90 Å². The summed E-state index contributed by atoms with van der Waals surface area (Å²) in [5, 5.41) is -0.288. The molecular formula is C20H23NO4S. The monoisotopic (exact) mass is 373 g/mol. The van der Waals surface area contributed by atoms with Crippen LogP contribution in [0, 0.1) is 0 Å². The number of allylic oxidation sites excluding steroid dienone is 1. The molecule has 1 aromatic carbocycles. The maximum absolute atomic E-state index is 12.4. The van der Waals surface area contributed by atoms with Gasteiger partial charge in [-0.2, -0.15) is 0 Å². The number of thioether (sulfide) groups is 1. The molecule has 1 saturated heterocycles. The molecule has 0 atom stereocenters. The van der Waals surface area contributed by atoms with E-state index in [4.69, 9.17) is 9.47 Å². The van der Waals surface area contributed by atoms with Gasteiger partial charge in [0.1, 0.15) is 0 Å². The van der Waals surface area contributed by atoms with Gasteiger partial charge in [0.05, 0.1) is 18.1 Å². The van der Waals surface area contributed by atoms with Crippen molar-refractivity contribution >= 4 is 29.0 Å². The molecule has 2 amide bonds. The Hall–Kier alpha value is -2.47. The number of carbonyl (C=O) groups excluding carboxylic acids is 2. The zero-order valence-corrected chi connectivity index (χ0v) is 15.9. The highest BCUT2D eigenvalue weighted by molar-refractivity contribution is 8.18. The third-order valence-electron chi connectivity index (χ3n) is 3.59. The van der Waals surface area contributed by atoms with Crippen LogP contribution in [0.25, 0.3) is 6.08 Å². The van der Waals surface area contributed by atoms with Crippen molar-refractivity contribution in [2.24, 2.45) is 0 Å². The topological polar surface area (TPSA) is 55.8 Å². The van der Waals surface area contributed by atoms with Crippen LogP contribution in [-0.4, -0.2) is 35.8 Å². The van der Waals surface area contributed by atoms with E-state index in [2.05, 4.69) is 13.2 Å². The van der Waals surface area contributed by atoms with Crippen molar-refractivity contribution in [2.75, 3.05) is 19.8 Å². The van der Waals surface area contributed by atoms with Gasteiger partial charge >= 0.3 is 0 Å². The summed E-state index contributed by atoms with van der Waals surface area (Å²) < 4.78 is 11.5. The van der Waals surface area contributed by atoms with Gasteiger partial charge in [-0.15, -0.1) is 13.2 Å². The zero-order valence-electron chi connectivity index (χ0n) is 15.1. The van der Waals surface area contributed by atoms with Crippen LogP contribution in [0.5, 0.6) is 11.5 Å². The van der Waals surface area contributed by atoms with Gasteiger partial charge in [0, 0.05) is 12.1 Å². The lowest BCUT2D eigenvalue weighted by molar-refractivity contribution is -0.122. The van der Waals surface area contributed by atoms with E-state index in [-0.39, 0.29) is 17.7 Å². The summed E-state index contributed by atoms with van der Waals surface area (Å²) in [6, 6.07) is 3.75. The summed E-state index contributed by atoms with van der Waals surface area (Å²) >= 11 is 0.928. The largest absolute Gasteiger partial charge is 0.490 e. The van der Waals surface area contributed by atoms with Crippen LogP contribution >= 0.6 is 11.8 Å². The molecule has 6 heteroatoms. The molecular weight excluding hydrogens is 350 g/mol. The lowest BCUT2D eigenvalue weighted by atomic mass is 10.0. The molecule has 0 saturated carbocycles. The summed E-state index contributed by atoms with van der Waals surface area (Å²) in [4.78, 5) is 25.9. The van der Waals surface area contributed by atoms with Gasteiger partial charge < -0.3 is 9.47 Å². The molecule has 0 aliphatic carbocycles. The maximum atomic E-state index is 12.4. The molecule has 0 radical (unpaired) electrons. The minimum Gasteiger partial charge on any atom is -0.490 e. The molecule has 1 fully saturated rings. The van der Waals surface area contributed by atoms with Crippen molar-refractivity contribution in [3.8, 4) is 11.5 Å². The summed E-state index contributed by atoms with van der Waals surface area (Å²) in [6.45, 7) is 12.4. The number of imide groups is 1. The highest BCUT2D eigenvalue weighted by Gasteiger charge is 2.34. The number of hydrogen-bond acceptors (Lipinski definition) is 5. The van der Waals surface area contributed by atoms with Crippen LogP contribution in [0.2, 0.25) is 0 Å². The van der Waals surface area contributed by atoms with E-state index in [1.165, 1.54) is 11.0 Å². The van der Waals surface area contributed by atoms with Crippen LogP contribution in [0.15, 0.2) is 42.3 Å². The van der Waals surface area contributed by atoms with E-state index in [0.717, 1.165) is 22.9 Å². The highest BCUT2D eigenvalue weighted by Crippen LogP contribution is 2.37. The number of hydrogen-bond donors (Lipinski definition) is 0. The Bertz CT molecular complexity index is 754. The maximum Gasteiger partial charge on any atom is 0.293 e. The molecule has 1 aliphatic heterocycles. The van der Waals surface area contributed by atoms with E-state index in [0.29, 0.717) is 36.0 Å². The first-order valence-corrected chi connectivity index (χ1v) is 9.26. The van der Waals surface area contributed by atoms with E-state index in [1.807, 2.05) is 26.0 Å². The molecule has 1 aliphatic rings. The number of ether oxygens (including phenoxy) is 2. The molecule has 0 spiro atoms. The summed E-state index contributed by atoms with van der Waals surface area (Å²) in [5.41, 5.74) is 1.70. The first kappa shape index (κ1) is 19.8. The van der Waals surface area contributed by atoms with Gasteiger partial charge in [-0.3, -0.25) is 14.5 Å². The van der Waals surface area contributed by atoms with Gasteiger partial charge in [-0.05, 0) is 55.8 Å². The summed E-state index contributed by atoms with van der Waals surface area (Å²) in [7, 11) is 0. The minimum absolute atomic E-state index is 0.206. The van der Waals surface area contributed by atoms with E-state index in [9.17, 15) is 9.59 Å². The molecule has 1 heterocycles. The number of carbonyl (C=O) groups is 2. The van der Waals surface area contributed by atoms with Gasteiger partial charge in [0.2, 0.25) is 0 Å². The molecule has 2 rings (SSSR count). The van der Waals surface area contributed by atoms with E-state index in [1.54, 1.807) is 12.2 Å². The number of rotatable bonds is 9.